The third-order valence-corrected chi connectivity index (χ3v) is 3.57. The van der Waals surface area contributed by atoms with Gasteiger partial charge in [0, 0.05) is 19.3 Å². The Kier molecular flexibility index (Phi) is 5.38. The minimum atomic E-state index is 0.391. The van der Waals surface area contributed by atoms with Crippen LogP contribution in [-0.2, 0) is 17.2 Å². The van der Waals surface area contributed by atoms with Crippen molar-refractivity contribution in [1.82, 2.24) is 14.5 Å². The summed E-state index contributed by atoms with van der Waals surface area (Å²) in [6.45, 7) is 8.65. The normalized spacial score (nSPS) is 11.7. The van der Waals surface area contributed by atoms with E-state index in [1.54, 1.807) is 0 Å². The number of hydrogen-bond donors (Lipinski definition) is 0. The van der Waals surface area contributed by atoms with E-state index < -0.39 is 0 Å². The molecule has 2 aromatic rings. The SMILES string of the molecule is Cc1ccnc2c1nc(CCl)n2CCOCCC(C)C. The Balaban J connectivity index is 2.07. The van der Waals surface area contributed by atoms with Gasteiger partial charge in [-0.05, 0) is 30.9 Å². The molecule has 0 N–H and O–H groups in total. The van der Waals surface area contributed by atoms with Crippen LogP contribution >= 0.6 is 11.6 Å². The summed E-state index contributed by atoms with van der Waals surface area (Å²) >= 11 is 5.99. The highest BCUT2D eigenvalue weighted by Gasteiger charge is 2.12. The van der Waals surface area contributed by atoms with E-state index in [0.29, 0.717) is 18.4 Å². The maximum Gasteiger partial charge on any atom is 0.160 e. The molecule has 0 aliphatic rings. The summed E-state index contributed by atoms with van der Waals surface area (Å²) in [6.07, 6.45) is 2.90. The van der Waals surface area contributed by atoms with E-state index in [1.165, 1.54) is 0 Å². The van der Waals surface area contributed by atoms with Crippen LogP contribution in [-0.4, -0.2) is 27.7 Å². The number of aromatic nitrogens is 3. The Morgan fingerprint density at radius 1 is 1.35 bits per heavy atom. The van der Waals surface area contributed by atoms with Gasteiger partial charge in [-0.15, -0.1) is 11.6 Å². The van der Waals surface area contributed by atoms with Crippen LogP contribution in [0.4, 0.5) is 0 Å². The Hall–Kier alpha value is -1.13. The number of hydrogen-bond acceptors (Lipinski definition) is 3. The van der Waals surface area contributed by atoms with Gasteiger partial charge >= 0.3 is 0 Å². The Morgan fingerprint density at radius 2 is 2.15 bits per heavy atom. The van der Waals surface area contributed by atoms with E-state index in [1.807, 2.05) is 19.2 Å². The topological polar surface area (TPSA) is 39.9 Å². The fourth-order valence-electron chi connectivity index (χ4n) is 2.10. The molecule has 0 saturated heterocycles. The maximum absolute atomic E-state index is 5.99. The monoisotopic (exact) mass is 295 g/mol. The molecular weight excluding hydrogens is 274 g/mol. The van der Waals surface area contributed by atoms with E-state index in [4.69, 9.17) is 16.3 Å². The third-order valence-electron chi connectivity index (χ3n) is 3.33. The third kappa shape index (κ3) is 3.49. The van der Waals surface area contributed by atoms with Crippen LogP contribution in [0.3, 0.4) is 0 Å². The molecule has 2 rings (SSSR count). The maximum atomic E-state index is 5.99. The molecule has 0 amide bonds. The van der Waals surface area contributed by atoms with E-state index in [2.05, 4.69) is 28.4 Å². The lowest BCUT2D eigenvalue weighted by atomic mass is 10.1. The largest absolute Gasteiger partial charge is 0.380 e. The number of nitrogens with zero attached hydrogens (tertiary/aromatic N) is 3. The first-order chi connectivity index (χ1) is 9.63. The van der Waals surface area contributed by atoms with Gasteiger partial charge in [0.15, 0.2) is 5.65 Å². The molecular formula is C15H22ClN3O. The van der Waals surface area contributed by atoms with Crippen LogP contribution in [0.15, 0.2) is 12.3 Å². The number of fused-ring (bicyclic) bond motifs is 1. The quantitative estimate of drug-likeness (QED) is 0.579. The van der Waals surface area contributed by atoms with Gasteiger partial charge in [-0.1, -0.05) is 13.8 Å². The molecule has 110 valence electrons. The Bertz CT molecular complexity index is 565. The van der Waals surface area contributed by atoms with E-state index in [-0.39, 0.29) is 0 Å². The molecule has 0 radical (unpaired) electrons. The molecule has 0 aliphatic carbocycles. The zero-order valence-corrected chi connectivity index (χ0v) is 13.2. The lowest BCUT2D eigenvalue weighted by Gasteiger charge is -2.09. The van der Waals surface area contributed by atoms with Crippen molar-refractivity contribution in [3.63, 3.8) is 0 Å². The van der Waals surface area contributed by atoms with Crippen molar-refractivity contribution in [2.24, 2.45) is 5.92 Å². The van der Waals surface area contributed by atoms with Gasteiger partial charge in [0.25, 0.3) is 0 Å². The lowest BCUT2D eigenvalue weighted by molar-refractivity contribution is 0.116. The van der Waals surface area contributed by atoms with E-state index >= 15 is 0 Å². The molecule has 0 aromatic carbocycles. The highest BCUT2D eigenvalue weighted by Crippen LogP contribution is 2.18. The molecule has 0 atom stereocenters. The molecule has 0 saturated carbocycles. The fraction of sp³-hybridized carbons (Fsp3) is 0.600. The molecule has 0 spiro atoms. The number of alkyl halides is 1. The molecule has 0 bridgehead atoms. The second-order valence-corrected chi connectivity index (χ2v) is 5.68. The summed E-state index contributed by atoms with van der Waals surface area (Å²) < 4.78 is 7.74. The van der Waals surface area contributed by atoms with Crippen LogP contribution in [0.1, 0.15) is 31.7 Å². The van der Waals surface area contributed by atoms with Crippen molar-refractivity contribution in [3.8, 4) is 0 Å². The predicted molar refractivity (Wildman–Crippen MR) is 82.1 cm³/mol. The first-order valence-electron chi connectivity index (χ1n) is 7.08. The Morgan fingerprint density at radius 3 is 2.85 bits per heavy atom. The lowest BCUT2D eigenvalue weighted by Crippen LogP contribution is -2.10. The van der Waals surface area contributed by atoms with Gasteiger partial charge in [-0.25, -0.2) is 9.97 Å². The van der Waals surface area contributed by atoms with Crippen molar-refractivity contribution in [3.05, 3.63) is 23.7 Å². The average molecular weight is 296 g/mol. The highest BCUT2D eigenvalue weighted by atomic mass is 35.5. The molecule has 4 nitrogen and oxygen atoms in total. The van der Waals surface area contributed by atoms with Gasteiger partial charge < -0.3 is 9.30 Å². The van der Waals surface area contributed by atoms with Crippen molar-refractivity contribution >= 4 is 22.8 Å². The standard InChI is InChI=1S/C15H22ClN3O/c1-11(2)5-8-20-9-7-19-13(10-16)18-14-12(3)4-6-17-15(14)19/h4,6,11H,5,7-10H2,1-3H3. The number of halogens is 1. The smallest absolute Gasteiger partial charge is 0.160 e. The van der Waals surface area contributed by atoms with Crippen molar-refractivity contribution in [2.45, 2.75) is 39.6 Å². The van der Waals surface area contributed by atoms with Gasteiger partial charge in [0.05, 0.1) is 12.5 Å². The first kappa shape index (κ1) is 15.3. The summed E-state index contributed by atoms with van der Waals surface area (Å²) in [7, 11) is 0. The number of imidazole rings is 1. The van der Waals surface area contributed by atoms with Crippen LogP contribution in [0.25, 0.3) is 11.2 Å². The summed E-state index contributed by atoms with van der Waals surface area (Å²) in [5.41, 5.74) is 2.96. The minimum absolute atomic E-state index is 0.391. The average Bonchev–Trinajstić information content (AvgIpc) is 2.78. The predicted octanol–water partition coefficient (Wildman–Crippen LogP) is 3.54. The van der Waals surface area contributed by atoms with Crippen LogP contribution in [0, 0.1) is 12.8 Å². The van der Waals surface area contributed by atoms with Crippen LogP contribution < -0.4 is 0 Å². The number of ether oxygens (including phenoxy) is 1. The zero-order valence-electron chi connectivity index (χ0n) is 12.4. The van der Waals surface area contributed by atoms with Crippen molar-refractivity contribution < 1.29 is 4.74 Å². The van der Waals surface area contributed by atoms with E-state index in [0.717, 1.165) is 42.1 Å². The summed E-state index contributed by atoms with van der Waals surface area (Å²) in [4.78, 5) is 8.99. The van der Waals surface area contributed by atoms with Crippen LogP contribution in [0.5, 0.6) is 0 Å². The van der Waals surface area contributed by atoms with Crippen molar-refractivity contribution in [1.29, 1.82) is 0 Å². The van der Waals surface area contributed by atoms with Gasteiger partial charge in [-0.2, -0.15) is 0 Å². The molecule has 2 heterocycles. The first-order valence-corrected chi connectivity index (χ1v) is 7.61. The van der Waals surface area contributed by atoms with E-state index in [9.17, 15) is 0 Å². The Labute approximate surface area is 125 Å². The fourth-order valence-corrected chi connectivity index (χ4v) is 2.30. The second-order valence-electron chi connectivity index (χ2n) is 5.41. The second kappa shape index (κ2) is 7.04. The van der Waals surface area contributed by atoms with Gasteiger partial charge in [0.2, 0.25) is 0 Å². The molecule has 2 aromatic heterocycles. The molecule has 0 fully saturated rings. The highest BCUT2D eigenvalue weighted by molar-refractivity contribution is 6.16. The summed E-state index contributed by atoms with van der Waals surface area (Å²) in [6, 6.07) is 1.97. The van der Waals surface area contributed by atoms with Gasteiger partial charge in [-0.3, -0.25) is 0 Å². The molecule has 5 heteroatoms. The summed E-state index contributed by atoms with van der Waals surface area (Å²) in [5.74, 6) is 1.92. The minimum Gasteiger partial charge on any atom is -0.380 e. The summed E-state index contributed by atoms with van der Waals surface area (Å²) in [5, 5.41) is 0. The zero-order chi connectivity index (χ0) is 14.5. The number of pyridine rings is 1. The molecule has 0 unspecified atom stereocenters. The van der Waals surface area contributed by atoms with Gasteiger partial charge in [0.1, 0.15) is 11.3 Å². The molecule has 0 aliphatic heterocycles. The molecule has 20 heavy (non-hydrogen) atoms. The number of aryl methyl sites for hydroxylation is 1. The number of rotatable bonds is 7. The van der Waals surface area contributed by atoms with Crippen LogP contribution in [0.2, 0.25) is 0 Å². The van der Waals surface area contributed by atoms with Crippen molar-refractivity contribution in [2.75, 3.05) is 13.2 Å².